The average molecular weight is 938 g/mol. The van der Waals surface area contributed by atoms with Crippen LogP contribution in [0.2, 0.25) is 10.0 Å². The molecule has 0 aliphatic rings. The van der Waals surface area contributed by atoms with Gasteiger partial charge in [0, 0.05) is 43.0 Å². The Bertz CT molecular complexity index is 3190. The maximum Gasteiger partial charge on any atom is 0.417 e. The zero-order chi connectivity index (χ0) is 46.2. The molecule has 0 saturated carbocycles. The molecule has 0 bridgehead atoms. The number of alkyl halides is 3. The van der Waals surface area contributed by atoms with Crippen LogP contribution in [0.5, 0.6) is 23.0 Å². The molecule has 328 valence electrons. The quantitative estimate of drug-likeness (QED) is 0.114. The van der Waals surface area contributed by atoms with Crippen molar-refractivity contribution in [3.05, 3.63) is 167 Å². The van der Waals surface area contributed by atoms with Crippen molar-refractivity contribution >= 4 is 80.1 Å². The van der Waals surface area contributed by atoms with Crippen LogP contribution >= 0.6 is 23.2 Å². The third-order valence-electron chi connectivity index (χ3n) is 9.15. The van der Waals surface area contributed by atoms with Gasteiger partial charge in [-0.2, -0.15) is 32.0 Å². The Labute approximate surface area is 369 Å². The van der Waals surface area contributed by atoms with Crippen LogP contribution in [0.25, 0.3) is 22.1 Å². The lowest BCUT2D eigenvalue weighted by Crippen LogP contribution is -2.54. The van der Waals surface area contributed by atoms with Crippen LogP contribution in [0.4, 0.5) is 67.5 Å². The largest absolute Gasteiger partial charge is 0.454 e. The average Bonchev–Trinajstić information content (AvgIpc) is 3.28. The molecule has 2 N–H and O–H groups in total. The summed E-state index contributed by atoms with van der Waals surface area (Å²) >= 11 is 11.7. The van der Waals surface area contributed by atoms with Gasteiger partial charge >= 0.3 is 18.2 Å². The van der Waals surface area contributed by atoms with Crippen LogP contribution in [0, 0.1) is 29.1 Å². The summed E-state index contributed by atoms with van der Waals surface area (Å²) in [5.41, 5.74) is -3.27. The van der Waals surface area contributed by atoms with E-state index in [4.69, 9.17) is 32.7 Å². The van der Waals surface area contributed by atoms with Gasteiger partial charge in [0.15, 0.2) is 23.1 Å². The molecule has 0 aliphatic carbocycles. The smallest absolute Gasteiger partial charge is 0.417 e. The number of rotatable bonds is 8. The number of benzene rings is 6. The molecule has 0 aliphatic heterocycles. The lowest BCUT2D eigenvalue weighted by molar-refractivity contribution is -0.137. The summed E-state index contributed by atoms with van der Waals surface area (Å²) in [6.45, 7) is 0. The number of aromatic nitrogens is 4. The molecule has 0 fully saturated rings. The molecule has 12 nitrogen and oxygen atoms in total. The maximum absolute atomic E-state index is 15.8. The number of nitrogens with one attached hydrogen (secondary N) is 2. The normalized spacial score (nSPS) is 11.4. The number of carbonyl (C=O) groups is 2. The van der Waals surface area contributed by atoms with Crippen LogP contribution < -0.4 is 30.1 Å². The van der Waals surface area contributed by atoms with Crippen LogP contribution in [0.3, 0.4) is 0 Å². The van der Waals surface area contributed by atoms with Gasteiger partial charge in [-0.25, -0.2) is 22.8 Å². The molecular weight excluding hydrogens is 915 g/mol. The first-order chi connectivity index (χ1) is 31.0. The van der Waals surface area contributed by atoms with Crippen LogP contribution in [-0.2, 0) is 6.18 Å². The second kappa shape index (κ2) is 17.7. The lowest BCUT2D eigenvalue weighted by Gasteiger charge is -2.35. The number of ether oxygens (including phenoxy) is 2. The number of amides is 4. The van der Waals surface area contributed by atoms with Crippen molar-refractivity contribution in [2.75, 3.05) is 20.7 Å². The fourth-order valence-electron chi connectivity index (χ4n) is 6.14. The third kappa shape index (κ3) is 9.15. The van der Waals surface area contributed by atoms with Crippen LogP contribution in [0.15, 0.2) is 122 Å². The number of carbonyl (C=O) groups excluding carboxylic acids is 2. The van der Waals surface area contributed by atoms with Gasteiger partial charge < -0.3 is 20.1 Å². The standard InChI is InChI=1S/C43H22Cl2F8N8O4/c44-26-5-1-21(17-25(26)43(51,52)53)60(41(62)58-31-9-11-35(39(49)37(31)47)64-23-3-7-29-33(19-23)56-15-13-54-29)61(22-2-6-27(45)28(46)18-22)42(63)59-32-10-12-36(40(50)38(32)48)65-24-4-8-30-34(20-24)57-16-14-55-30/h1-20H,(H,58,62)(H,59,63). The minimum Gasteiger partial charge on any atom is -0.454 e. The number of urea groups is 2. The maximum atomic E-state index is 15.8. The van der Waals surface area contributed by atoms with Gasteiger partial charge in [0.25, 0.3) is 0 Å². The molecule has 0 atom stereocenters. The Hall–Kier alpha value is -7.84. The first-order valence-electron chi connectivity index (χ1n) is 18.3. The van der Waals surface area contributed by atoms with E-state index in [0.29, 0.717) is 40.3 Å². The molecule has 0 spiro atoms. The Morgan fingerprint density at radius 2 is 0.938 bits per heavy atom. The summed E-state index contributed by atoms with van der Waals surface area (Å²) in [6, 6.07) is 12.9. The Kier molecular flexibility index (Phi) is 11.9. The predicted octanol–water partition coefficient (Wildman–Crippen LogP) is 12.9. The van der Waals surface area contributed by atoms with E-state index in [1.807, 2.05) is 10.6 Å². The molecule has 2 aromatic heterocycles. The highest BCUT2D eigenvalue weighted by Gasteiger charge is 2.37. The fourth-order valence-corrected chi connectivity index (χ4v) is 6.49. The van der Waals surface area contributed by atoms with Crippen molar-refractivity contribution in [3.63, 3.8) is 0 Å². The molecule has 65 heavy (non-hydrogen) atoms. The molecule has 6 aromatic carbocycles. The second-order valence-electron chi connectivity index (χ2n) is 13.3. The van der Waals surface area contributed by atoms with Gasteiger partial charge in [0.1, 0.15) is 17.3 Å². The first-order valence-corrected chi connectivity index (χ1v) is 19.1. The van der Waals surface area contributed by atoms with Crippen molar-refractivity contribution < 1.29 is 54.2 Å². The van der Waals surface area contributed by atoms with Crippen molar-refractivity contribution in [1.82, 2.24) is 19.9 Å². The Balaban J connectivity index is 1.16. The van der Waals surface area contributed by atoms with Gasteiger partial charge in [-0.3, -0.25) is 19.9 Å². The number of anilines is 4. The summed E-state index contributed by atoms with van der Waals surface area (Å²) < 4.78 is 132. The van der Waals surface area contributed by atoms with E-state index in [1.165, 1.54) is 61.2 Å². The SMILES string of the molecule is O=C(Nc1ccc(Oc2ccc3nccnc3c2)c(F)c1F)N(c1ccc(Cl)c(F)c1)N(C(=O)Nc1ccc(Oc2ccc3nccnc3c2)c(F)c1F)c1ccc(Cl)c(C(F)(F)F)c1. The molecule has 0 radical (unpaired) electrons. The first kappa shape index (κ1) is 43.8. The van der Waals surface area contributed by atoms with Gasteiger partial charge in [0.2, 0.25) is 11.6 Å². The lowest BCUT2D eigenvalue weighted by atomic mass is 10.2. The zero-order valence-electron chi connectivity index (χ0n) is 32.1. The minimum atomic E-state index is -5.18. The minimum absolute atomic E-state index is 0.0121. The summed E-state index contributed by atoms with van der Waals surface area (Å²) in [7, 11) is 0. The van der Waals surface area contributed by atoms with Gasteiger partial charge in [-0.1, -0.05) is 23.2 Å². The highest BCUT2D eigenvalue weighted by molar-refractivity contribution is 6.31. The van der Waals surface area contributed by atoms with Crippen molar-refractivity contribution in [2.45, 2.75) is 6.18 Å². The molecule has 8 aromatic rings. The molecule has 0 saturated heterocycles. The van der Waals surface area contributed by atoms with Crippen LogP contribution in [0.1, 0.15) is 5.56 Å². The van der Waals surface area contributed by atoms with E-state index >= 15 is 22.0 Å². The molecule has 2 heterocycles. The Morgan fingerprint density at radius 1 is 0.508 bits per heavy atom. The number of nitrogens with zero attached hydrogens (tertiary/aromatic N) is 6. The van der Waals surface area contributed by atoms with Crippen molar-refractivity contribution in [2.24, 2.45) is 0 Å². The summed E-state index contributed by atoms with van der Waals surface area (Å²) in [5.74, 6) is -9.29. The molecule has 8 rings (SSSR count). The summed E-state index contributed by atoms with van der Waals surface area (Å²) in [4.78, 5) is 45.1. The fraction of sp³-hybridized carbons (Fsp3) is 0.0233. The number of fused-ring (bicyclic) bond motifs is 2. The molecule has 22 heteroatoms. The number of hydrazine groups is 1. The highest BCUT2D eigenvalue weighted by Crippen LogP contribution is 2.39. The van der Waals surface area contributed by atoms with E-state index in [0.717, 1.165) is 42.5 Å². The summed E-state index contributed by atoms with van der Waals surface area (Å²) in [6.07, 6.45) is 0.493. The van der Waals surface area contributed by atoms with E-state index in [1.54, 1.807) is 0 Å². The Morgan fingerprint density at radius 3 is 1.38 bits per heavy atom. The third-order valence-corrected chi connectivity index (χ3v) is 9.78. The van der Waals surface area contributed by atoms with Crippen molar-refractivity contribution in [1.29, 1.82) is 0 Å². The second-order valence-corrected chi connectivity index (χ2v) is 14.2. The number of hydrogen-bond donors (Lipinski definition) is 2. The van der Waals surface area contributed by atoms with E-state index in [9.17, 15) is 22.8 Å². The summed E-state index contributed by atoms with van der Waals surface area (Å²) in [5, 5.41) is 2.91. The van der Waals surface area contributed by atoms with Gasteiger partial charge in [-0.05, 0) is 78.9 Å². The van der Waals surface area contributed by atoms with Crippen LogP contribution in [-0.4, -0.2) is 32.0 Å². The monoisotopic (exact) mass is 936 g/mol. The van der Waals surface area contributed by atoms with E-state index < -0.39 is 97.2 Å². The predicted molar refractivity (Wildman–Crippen MR) is 223 cm³/mol. The molecule has 4 amide bonds. The van der Waals surface area contributed by atoms with E-state index in [2.05, 4.69) is 19.9 Å². The van der Waals surface area contributed by atoms with E-state index in [-0.39, 0.29) is 21.5 Å². The topological polar surface area (TPSA) is 135 Å². The number of halogens is 10. The highest BCUT2D eigenvalue weighted by atomic mass is 35.5. The molecule has 0 unspecified atom stereocenters. The van der Waals surface area contributed by atoms with Gasteiger partial charge in [0.05, 0.1) is 60.4 Å². The van der Waals surface area contributed by atoms with Crippen molar-refractivity contribution in [3.8, 4) is 23.0 Å². The number of hydrogen-bond acceptors (Lipinski definition) is 8. The molecular formula is C43H22Cl2F8N8O4. The zero-order valence-corrected chi connectivity index (χ0v) is 33.7. The van der Waals surface area contributed by atoms with Gasteiger partial charge in [-0.15, -0.1) is 0 Å².